The van der Waals surface area contributed by atoms with E-state index in [4.69, 9.17) is 11.6 Å². The summed E-state index contributed by atoms with van der Waals surface area (Å²) in [5.41, 5.74) is 0.834. The molecule has 3 unspecified atom stereocenters. The molecule has 1 aromatic carbocycles. The number of carbonyl (C=O) groups excluding carboxylic acids is 1. The highest BCUT2D eigenvalue weighted by molar-refractivity contribution is 6.31. The lowest BCUT2D eigenvalue weighted by atomic mass is 9.95. The van der Waals surface area contributed by atoms with Gasteiger partial charge < -0.3 is 10.4 Å². The Kier molecular flexibility index (Phi) is 4.65. The van der Waals surface area contributed by atoms with Crippen molar-refractivity contribution in [2.75, 3.05) is 0 Å². The molecule has 0 radical (unpaired) electrons. The Hall–Kier alpha value is -1.55. The zero-order valence-corrected chi connectivity index (χ0v) is 12.1. The van der Waals surface area contributed by atoms with Crippen molar-refractivity contribution in [2.45, 2.75) is 26.3 Å². The maximum absolute atomic E-state index is 12.2. The maximum atomic E-state index is 12.2. The molecule has 4 nitrogen and oxygen atoms in total. The van der Waals surface area contributed by atoms with Gasteiger partial charge in [0.15, 0.2) is 0 Å². The largest absolute Gasteiger partial charge is 0.481 e. The van der Waals surface area contributed by atoms with Crippen LogP contribution in [0.2, 0.25) is 5.02 Å². The van der Waals surface area contributed by atoms with Gasteiger partial charge in [-0.15, -0.1) is 0 Å². The van der Waals surface area contributed by atoms with Gasteiger partial charge in [0.2, 0.25) is 5.91 Å². The van der Waals surface area contributed by atoms with Gasteiger partial charge in [0.1, 0.15) is 0 Å². The number of carbonyl (C=O) groups is 2. The number of hydrogen-bond acceptors (Lipinski definition) is 2. The summed E-state index contributed by atoms with van der Waals surface area (Å²) in [5.74, 6) is -1.82. The molecule has 0 heterocycles. The molecule has 0 aliphatic heterocycles. The van der Waals surface area contributed by atoms with Gasteiger partial charge in [-0.25, -0.2) is 0 Å². The van der Waals surface area contributed by atoms with E-state index in [1.807, 2.05) is 25.1 Å². The van der Waals surface area contributed by atoms with Gasteiger partial charge in [-0.2, -0.15) is 0 Å². The number of amides is 1. The first kappa shape index (κ1) is 14.9. The molecule has 3 atom stereocenters. The molecule has 2 rings (SSSR count). The third-order valence-corrected chi connectivity index (χ3v) is 4.23. The zero-order chi connectivity index (χ0) is 14.7. The number of carboxylic acids is 1. The fourth-order valence-corrected chi connectivity index (χ4v) is 3.01. The molecular formula is C15H18ClNO3. The van der Waals surface area contributed by atoms with Crippen molar-refractivity contribution in [2.24, 2.45) is 17.8 Å². The Morgan fingerprint density at radius 2 is 1.95 bits per heavy atom. The number of hydrogen-bond donors (Lipinski definition) is 2. The quantitative estimate of drug-likeness (QED) is 0.897. The second kappa shape index (κ2) is 6.27. The van der Waals surface area contributed by atoms with Gasteiger partial charge in [-0.05, 0) is 30.4 Å². The van der Waals surface area contributed by atoms with Crippen LogP contribution in [0, 0.1) is 17.8 Å². The predicted octanol–water partition coefficient (Wildman–Crippen LogP) is 2.70. The number of carboxylic acid groups (broad SMARTS) is 1. The van der Waals surface area contributed by atoms with Crippen molar-refractivity contribution in [3.8, 4) is 0 Å². The molecule has 1 fully saturated rings. The van der Waals surface area contributed by atoms with E-state index in [0.717, 1.165) is 5.56 Å². The minimum Gasteiger partial charge on any atom is -0.481 e. The molecule has 1 aromatic rings. The minimum absolute atomic E-state index is 0.193. The molecule has 20 heavy (non-hydrogen) atoms. The Labute approximate surface area is 123 Å². The summed E-state index contributed by atoms with van der Waals surface area (Å²) < 4.78 is 0. The summed E-state index contributed by atoms with van der Waals surface area (Å²) in [6, 6.07) is 7.28. The van der Waals surface area contributed by atoms with Crippen LogP contribution >= 0.6 is 11.6 Å². The monoisotopic (exact) mass is 295 g/mol. The lowest BCUT2D eigenvalue weighted by molar-refractivity contribution is -0.146. The first-order chi connectivity index (χ1) is 9.49. The molecule has 0 spiro atoms. The van der Waals surface area contributed by atoms with E-state index in [1.54, 1.807) is 6.07 Å². The normalized spacial score (nSPS) is 25.4. The lowest BCUT2D eigenvalue weighted by Crippen LogP contribution is -2.34. The average Bonchev–Trinajstić information content (AvgIpc) is 2.80. The van der Waals surface area contributed by atoms with E-state index < -0.39 is 17.8 Å². The molecule has 5 heteroatoms. The van der Waals surface area contributed by atoms with Crippen molar-refractivity contribution < 1.29 is 14.7 Å². The topological polar surface area (TPSA) is 66.4 Å². The Morgan fingerprint density at radius 1 is 1.30 bits per heavy atom. The number of halogens is 1. The number of rotatable bonds is 4. The molecule has 0 saturated heterocycles. The van der Waals surface area contributed by atoms with Crippen LogP contribution < -0.4 is 5.32 Å². The van der Waals surface area contributed by atoms with Crippen molar-refractivity contribution in [1.29, 1.82) is 0 Å². The highest BCUT2D eigenvalue weighted by Gasteiger charge is 2.40. The van der Waals surface area contributed by atoms with Gasteiger partial charge in [0.05, 0.1) is 11.8 Å². The number of aliphatic carboxylic acids is 1. The fraction of sp³-hybridized carbons (Fsp3) is 0.467. The summed E-state index contributed by atoms with van der Waals surface area (Å²) in [5, 5.41) is 12.6. The van der Waals surface area contributed by atoms with E-state index in [9.17, 15) is 14.7 Å². The Bertz CT molecular complexity index is 518. The standard InChI is InChI=1S/C15H18ClNO3/c1-9-6-11(12(7-9)15(19)20)14(18)17-8-10-4-2-3-5-13(10)16/h2-5,9,11-12H,6-8H2,1H3,(H,17,18)(H,19,20). The van der Waals surface area contributed by atoms with Gasteiger partial charge in [0.25, 0.3) is 0 Å². The fourth-order valence-electron chi connectivity index (χ4n) is 2.81. The van der Waals surface area contributed by atoms with Crippen LogP contribution in [-0.2, 0) is 16.1 Å². The molecule has 0 bridgehead atoms. The van der Waals surface area contributed by atoms with Crippen LogP contribution in [0.15, 0.2) is 24.3 Å². The van der Waals surface area contributed by atoms with Crippen molar-refractivity contribution >= 4 is 23.5 Å². The number of nitrogens with one attached hydrogen (secondary N) is 1. The second-order valence-corrected chi connectivity index (χ2v) is 5.84. The van der Waals surface area contributed by atoms with E-state index in [1.165, 1.54) is 0 Å². The Morgan fingerprint density at radius 3 is 2.60 bits per heavy atom. The lowest BCUT2D eigenvalue weighted by Gasteiger charge is -2.15. The first-order valence-electron chi connectivity index (χ1n) is 6.73. The van der Waals surface area contributed by atoms with Gasteiger partial charge in [-0.3, -0.25) is 9.59 Å². The van der Waals surface area contributed by atoms with E-state index in [-0.39, 0.29) is 11.8 Å². The average molecular weight is 296 g/mol. The Balaban J connectivity index is 1.98. The van der Waals surface area contributed by atoms with Gasteiger partial charge in [-0.1, -0.05) is 36.7 Å². The molecule has 1 saturated carbocycles. The zero-order valence-electron chi connectivity index (χ0n) is 11.3. The highest BCUT2D eigenvalue weighted by Crippen LogP contribution is 2.36. The van der Waals surface area contributed by atoms with Gasteiger partial charge >= 0.3 is 5.97 Å². The first-order valence-corrected chi connectivity index (χ1v) is 7.10. The summed E-state index contributed by atoms with van der Waals surface area (Å²) in [4.78, 5) is 23.4. The summed E-state index contributed by atoms with van der Waals surface area (Å²) in [6.07, 6.45) is 1.20. The molecule has 1 aliphatic rings. The van der Waals surface area contributed by atoms with Crippen molar-refractivity contribution in [1.82, 2.24) is 5.32 Å². The summed E-state index contributed by atoms with van der Waals surface area (Å²) >= 11 is 6.02. The van der Waals surface area contributed by atoms with Crippen LogP contribution in [0.4, 0.5) is 0 Å². The third-order valence-electron chi connectivity index (χ3n) is 3.86. The number of benzene rings is 1. The van der Waals surface area contributed by atoms with E-state index in [0.29, 0.717) is 24.4 Å². The van der Waals surface area contributed by atoms with Crippen molar-refractivity contribution in [3.63, 3.8) is 0 Å². The predicted molar refractivity (Wildman–Crippen MR) is 76.3 cm³/mol. The van der Waals surface area contributed by atoms with Crippen LogP contribution in [0.1, 0.15) is 25.3 Å². The van der Waals surface area contributed by atoms with E-state index in [2.05, 4.69) is 5.32 Å². The molecule has 1 amide bonds. The molecule has 1 aliphatic carbocycles. The third kappa shape index (κ3) is 3.31. The molecular weight excluding hydrogens is 278 g/mol. The molecule has 108 valence electrons. The summed E-state index contributed by atoms with van der Waals surface area (Å²) in [7, 11) is 0. The minimum atomic E-state index is -0.882. The molecule has 2 N–H and O–H groups in total. The second-order valence-electron chi connectivity index (χ2n) is 5.44. The van der Waals surface area contributed by atoms with Crippen molar-refractivity contribution in [3.05, 3.63) is 34.9 Å². The van der Waals surface area contributed by atoms with Gasteiger partial charge in [0, 0.05) is 11.6 Å². The summed E-state index contributed by atoms with van der Waals surface area (Å²) in [6.45, 7) is 2.31. The van der Waals surface area contributed by atoms with E-state index >= 15 is 0 Å². The van der Waals surface area contributed by atoms with Crippen LogP contribution in [0.25, 0.3) is 0 Å². The van der Waals surface area contributed by atoms with Crippen LogP contribution in [0.3, 0.4) is 0 Å². The van der Waals surface area contributed by atoms with Crippen LogP contribution in [-0.4, -0.2) is 17.0 Å². The SMILES string of the molecule is CC1CC(C(=O)O)C(C(=O)NCc2ccccc2Cl)C1. The smallest absolute Gasteiger partial charge is 0.307 e. The molecule has 0 aromatic heterocycles. The maximum Gasteiger partial charge on any atom is 0.307 e. The highest BCUT2D eigenvalue weighted by atomic mass is 35.5. The van der Waals surface area contributed by atoms with Crippen LogP contribution in [0.5, 0.6) is 0 Å².